The molecule has 0 aromatic rings. The molecule has 0 bridgehead atoms. The van der Waals surface area contributed by atoms with Crippen LogP contribution >= 0.6 is 0 Å². The summed E-state index contributed by atoms with van der Waals surface area (Å²) < 4.78 is 5.68. The average molecular weight is 377 g/mol. The summed E-state index contributed by atoms with van der Waals surface area (Å²) in [7, 11) is 0. The van der Waals surface area contributed by atoms with Crippen molar-refractivity contribution in [2.45, 2.75) is 116 Å². The van der Waals surface area contributed by atoms with Crippen LogP contribution in [0.1, 0.15) is 116 Å². The molecule has 0 saturated heterocycles. The van der Waals surface area contributed by atoms with Gasteiger partial charge in [0, 0.05) is 6.61 Å². The van der Waals surface area contributed by atoms with Gasteiger partial charge in [-0.1, -0.05) is 83.6 Å². The topological polar surface area (TPSA) is 9.23 Å². The van der Waals surface area contributed by atoms with E-state index in [9.17, 15) is 0 Å². The molecule has 0 heterocycles. The maximum Gasteiger partial charge on any atom is 0.0644 e. The molecule has 0 N–H and O–H groups in total. The van der Waals surface area contributed by atoms with Crippen LogP contribution in [0.2, 0.25) is 0 Å². The molecule has 2 aliphatic carbocycles. The zero-order valence-electron chi connectivity index (χ0n) is 18.4. The second-order valence-corrected chi connectivity index (χ2v) is 9.65. The zero-order chi connectivity index (χ0) is 19.2. The molecule has 0 amide bonds. The highest BCUT2D eigenvalue weighted by atomic mass is 16.5. The summed E-state index contributed by atoms with van der Waals surface area (Å²) in [6, 6.07) is 0. The van der Waals surface area contributed by atoms with E-state index < -0.39 is 0 Å². The van der Waals surface area contributed by atoms with Gasteiger partial charge in [-0.05, 0) is 62.2 Å². The van der Waals surface area contributed by atoms with E-state index in [2.05, 4.69) is 13.5 Å². The van der Waals surface area contributed by atoms with Crippen molar-refractivity contribution in [3.8, 4) is 0 Å². The first-order chi connectivity index (χ1) is 13.3. The standard InChI is InChI=1S/C26H48O/c1-3-5-6-7-8-9-10-11-12-23-13-17-25(18-14-23)26-19-15-24(16-20-26)22-27-21-4-2/h4,23-26H,2-3,5-22H2,1H3. The van der Waals surface area contributed by atoms with E-state index in [-0.39, 0.29) is 0 Å². The molecule has 0 unspecified atom stereocenters. The van der Waals surface area contributed by atoms with Gasteiger partial charge in [-0.3, -0.25) is 0 Å². The molecule has 0 spiro atoms. The van der Waals surface area contributed by atoms with E-state index in [0.29, 0.717) is 0 Å². The normalized spacial score (nSPS) is 28.9. The molecule has 0 radical (unpaired) electrons. The summed E-state index contributed by atoms with van der Waals surface area (Å²) in [5, 5.41) is 0. The van der Waals surface area contributed by atoms with Crippen molar-refractivity contribution in [2.24, 2.45) is 23.7 Å². The van der Waals surface area contributed by atoms with Gasteiger partial charge < -0.3 is 4.74 Å². The lowest BCUT2D eigenvalue weighted by Crippen LogP contribution is -2.27. The van der Waals surface area contributed by atoms with Gasteiger partial charge in [0.15, 0.2) is 0 Å². The molecule has 2 saturated carbocycles. The highest BCUT2D eigenvalue weighted by Crippen LogP contribution is 2.42. The lowest BCUT2D eigenvalue weighted by molar-refractivity contribution is 0.0779. The van der Waals surface area contributed by atoms with Gasteiger partial charge in [0.2, 0.25) is 0 Å². The summed E-state index contributed by atoms with van der Waals surface area (Å²) in [6.45, 7) is 7.73. The summed E-state index contributed by atoms with van der Waals surface area (Å²) >= 11 is 0. The van der Waals surface area contributed by atoms with Crippen LogP contribution in [0.15, 0.2) is 12.7 Å². The van der Waals surface area contributed by atoms with Gasteiger partial charge >= 0.3 is 0 Å². The fourth-order valence-corrected chi connectivity index (χ4v) is 5.66. The third-order valence-corrected chi connectivity index (χ3v) is 7.50. The van der Waals surface area contributed by atoms with E-state index in [1.165, 1.54) is 109 Å². The monoisotopic (exact) mass is 376 g/mol. The predicted octanol–water partition coefficient (Wildman–Crippen LogP) is 8.33. The van der Waals surface area contributed by atoms with E-state index in [1.807, 2.05) is 6.08 Å². The fraction of sp³-hybridized carbons (Fsp3) is 0.923. The molecule has 0 aliphatic heterocycles. The maximum absolute atomic E-state index is 5.68. The number of ether oxygens (including phenoxy) is 1. The first kappa shape index (κ1) is 23.0. The van der Waals surface area contributed by atoms with Crippen molar-refractivity contribution in [2.75, 3.05) is 13.2 Å². The summed E-state index contributed by atoms with van der Waals surface area (Å²) in [5.74, 6) is 3.96. The van der Waals surface area contributed by atoms with Crippen LogP contribution in [0.3, 0.4) is 0 Å². The minimum Gasteiger partial charge on any atom is -0.377 e. The van der Waals surface area contributed by atoms with Crippen LogP contribution < -0.4 is 0 Å². The summed E-state index contributed by atoms with van der Waals surface area (Å²) in [5.41, 5.74) is 0. The van der Waals surface area contributed by atoms with Crippen molar-refractivity contribution in [3.63, 3.8) is 0 Å². The Bertz CT molecular complexity index is 347. The van der Waals surface area contributed by atoms with E-state index >= 15 is 0 Å². The Morgan fingerprint density at radius 2 is 1.22 bits per heavy atom. The van der Waals surface area contributed by atoms with Crippen molar-refractivity contribution in [3.05, 3.63) is 12.7 Å². The number of hydrogen-bond acceptors (Lipinski definition) is 1. The first-order valence-electron chi connectivity index (χ1n) is 12.5. The van der Waals surface area contributed by atoms with Gasteiger partial charge in [-0.25, -0.2) is 0 Å². The molecule has 0 aromatic heterocycles. The summed E-state index contributed by atoms with van der Waals surface area (Å²) in [6.07, 6.45) is 27.0. The highest BCUT2D eigenvalue weighted by molar-refractivity contribution is 4.82. The smallest absolute Gasteiger partial charge is 0.0644 e. The maximum atomic E-state index is 5.68. The molecule has 2 aliphatic rings. The minimum absolute atomic E-state index is 0.725. The van der Waals surface area contributed by atoms with Crippen molar-refractivity contribution >= 4 is 0 Å². The van der Waals surface area contributed by atoms with Gasteiger partial charge in [0.05, 0.1) is 6.61 Å². The SMILES string of the molecule is C=CCOCC1CCC(C2CCC(CCCCCCCCCC)CC2)CC1. The van der Waals surface area contributed by atoms with Crippen LogP contribution in [0.5, 0.6) is 0 Å². The minimum atomic E-state index is 0.725. The van der Waals surface area contributed by atoms with E-state index in [1.54, 1.807) is 0 Å². The fourth-order valence-electron chi connectivity index (χ4n) is 5.66. The number of unbranched alkanes of at least 4 members (excludes halogenated alkanes) is 7. The van der Waals surface area contributed by atoms with Gasteiger partial charge in [0.25, 0.3) is 0 Å². The molecular weight excluding hydrogens is 328 g/mol. The lowest BCUT2D eigenvalue weighted by atomic mass is 9.69. The van der Waals surface area contributed by atoms with E-state index in [0.717, 1.165) is 36.9 Å². The molecule has 0 atom stereocenters. The summed E-state index contributed by atoms with van der Waals surface area (Å²) in [4.78, 5) is 0. The van der Waals surface area contributed by atoms with E-state index in [4.69, 9.17) is 4.74 Å². The zero-order valence-corrected chi connectivity index (χ0v) is 18.4. The Kier molecular flexibility index (Phi) is 12.5. The number of hydrogen-bond donors (Lipinski definition) is 0. The Hall–Kier alpha value is -0.300. The van der Waals surface area contributed by atoms with Crippen molar-refractivity contribution in [1.82, 2.24) is 0 Å². The Balaban J connectivity index is 1.46. The van der Waals surface area contributed by atoms with Gasteiger partial charge in [-0.15, -0.1) is 6.58 Å². The molecule has 158 valence electrons. The second kappa shape index (κ2) is 14.7. The molecular formula is C26H48O. The Morgan fingerprint density at radius 1 is 0.704 bits per heavy atom. The largest absolute Gasteiger partial charge is 0.377 e. The molecule has 2 rings (SSSR count). The van der Waals surface area contributed by atoms with Crippen LogP contribution in [-0.4, -0.2) is 13.2 Å². The average Bonchev–Trinajstić information content (AvgIpc) is 2.71. The van der Waals surface area contributed by atoms with Crippen molar-refractivity contribution in [1.29, 1.82) is 0 Å². The lowest BCUT2D eigenvalue weighted by Gasteiger charge is -2.38. The Morgan fingerprint density at radius 3 is 1.78 bits per heavy atom. The van der Waals surface area contributed by atoms with Crippen LogP contribution in [0, 0.1) is 23.7 Å². The van der Waals surface area contributed by atoms with Gasteiger partial charge in [0.1, 0.15) is 0 Å². The van der Waals surface area contributed by atoms with Crippen LogP contribution in [-0.2, 0) is 4.74 Å². The molecule has 27 heavy (non-hydrogen) atoms. The highest BCUT2D eigenvalue weighted by Gasteiger charge is 2.30. The third kappa shape index (κ3) is 9.64. The predicted molar refractivity (Wildman–Crippen MR) is 119 cm³/mol. The van der Waals surface area contributed by atoms with Crippen LogP contribution in [0.25, 0.3) is 0 Å². The molecule has 1 heteroatoms. The first-order valence-corrected chi connectivity index (χ1v) is 12.5. The molecule has 2 fully saturated rings. The van der Waals surface area contributed by atoms with Crippen molar-refractivity contribution < 1.29 is 4.74 Å². The van der Waals surface area contributed by atoms with Crippen LogP contribution in [0.4, 0.5) is 0 Å². The Labute approximate surface area is 170 Å². The van der Waals surface area contributed by atoms with Gasteiger partial charge in [-0.2, -0.15) is 0 Å². The number of rotatable bonds is 14. The third-order valence-electron chi connectivity index (χ3n) is 7.50. The quantitative estimate of drug-likeness (QED) is 0.219. The molecule has 1 nitrogen and oxygen atoms in total. The second-order valence-electron chi connectivity index (χ2n) is 9.65. The molecule has 0 aromatic carbocycles.